The summed E-state index contributed by atoms with van der Waals surface area (Å²) in [5.74, 6) is 0. The molecule has 0 spiro atoms. The van der Waals surface area contributed by atoms with E-state index in [-0.39, 0.29) is 155 Å². The molecule has 0 radical (unpaired) electrons. The summed E-state index contributed by atoms with van der Waals surface area (Å²) < 4.78 is 22.2. The van der Waals surface area contributed by atoms with E-state index in [2.05, 4.69) is 9.12 Å². The molecule has 0 aliphatic heterocycles. The van der Waals surface area contributed by atoms with Gasteiger partial charge in [-0.05, 0) is 0 Å². The molecule has 0 saturated heterocycles. The van der Waals surface area contributed by atoms with Gasteiger partial charge in [0.15, 0.2) is 0 Å². The van der Waals surface area contributed by atoms with Gasteiger partial charge in [0.2, 0.25) is 0 Å². The fraction of sp³-hybridized carbons (Fsp3) is 0. The van der Waals surface area contributed by atoms with Crippen LogP contribution < -0.4 is 148 Å². The van der Waals surface area contributed by atoms with Crippen LogP contribution in [-0.4, -0.2) is 42.2 Å². The second-order valence-electron chi connectivity index (χ2n) is 1.49. The topological polar surface area (TPSA) is 194 Å². The molecule has 7 N–H and O–H groups in total. The van der Waals surface area contributed by atoms with Crippen LogP contribution in [0.25, 0.3) is 0 Å². The van der Waals surface area contributed by atoms with Gasteiger partial charge in [-0.25, -0.2) is 13.9 Å². The summed E-state index contributed by atoms with van der Waals surface area (Å²) >= 11 is 0. The van der Waals surface area contributed by atoms with Crippen molar-refractivity contribution in [3.05, 3.63) is 0 Å². The molecule has 19 heteroatoms. The van der Waals surface area contributed by atoms with Crippen LogP contribution in [0.15, 0.2) is 0 Å². The summed E-state index contributed by atoms with van der Waals surface area (Å²) in [6, 6.07) is 0. The summed E-state index contributed by atoms with van der Waals surface area (Å²) in [6.07, 6.45) is 0. The van der Waals surface area contributed by atoms with E-state index >= 15 is 0 Å². The molecule has 19 heavy (non-hydrogen) atoms. The maximum absolute atomic E-state index is 9.63. The Morgan fingerprint density at radius 1 is 0.789 bits per heavy atom. The molecule has 0 unspecified atom stereocenters. The molecule has 0 saturated carbocycles. The zero-order valence-corrected chi connectivity index (χ0v) is 23.0. The molecule has 0 rings (SSSR count). The van der Waals surface area contributed by atoms with Gasteiger partial charge in [0.1, 0.15) is 0 Å². The zero-order chi connectivity index (χ0) is 12.0. The Morgan fingerprint density at radius 2 is 0.947 bits per heavy atom. The molecule has 0 aromatic carbocycles. The second-order valence-corrected chi connectivity index (χ2v) is 4.11. The van der Waals surface area contributed by atoms with E-state index in [0.29, 0.717) is 0 Å². The van der Waals surface area contributed by atoms with E-state index in [1.807, 2.05) is 0 Å². The molecular formula is H12BNa5O11P2. The molecule has 0 aromatic heterocycles. The van der Waals surface area contributed by atoms with Crippen molar-refractivity contribution >= 4 is 23.0 Å². The number of hydrogen-bond donors (Lipinski definition) is 7. The summed E-state index contributed by atoms with van der Waals surface area (Å²) in [5.41, 5.74) is 0. The SMILES string of the molecule is O=P(O)(O)OP(=O)(O)O.OOB(O)O.[H-].[H-].[H-].[H-].[H-].[Na+].[Na+].[Na+].[Na+].[Na+]. The summed E-state index contributed by atoms with van der Waals surface area (Å²) in [6.45, 7) is 0. The normalized spacial score (nSPS) is 8.58. The zero-order valence-electron chi connectivity index (χ0n) is 16.2. The fourth-order valence-electron chi connectivity index (χ4n) is 0.139. The van der Waals surface area contributed by atoms with Crippen molar-refractivity contribution in [2.45, 2.75) is 0 Å². The Bertz CT molecular complexity index is 233. The second kappa shape index (κ2) is 23.2. The van der Waals surface area contributed by atoms with Crippen LogP contribution >= 0.6 is 15.6 Å². The van der Waals surface area contributed by atoms with Gasteiger partial charge < -0.3 is 36.8 Å². The first kappa shape index (κ1) is 44.0. The molecular weight excluding hydrogens is 364 g/mol. The predicted octanol–water partition coefficient (Wildman–Crippen LogP) is -16.8. The van der Waals surface area contributed by atoms with Crippen molar-refractivity contribution in [3.63, 3.8) is 0 Å². The summed E-state index contributed by atoms with van der Waals surface area (Å²) in [5, 5.41) is 22.0. The molecule has 0 aliphatic carbocycles. The Morgan fingerprint density at radius 3 is 0.947 bits per heavy atom. The number of hydrogen-bond acceptors (Lipinski definition) is 7. The van der Waals surface area contributed by atoms with E-state index in [0.717, 1.165) is 0 Å². The van der Waals surface area contributed by atoms with Crippen LogP contribution in [0.5, 0.6) is 0 Å². The van der Waals surface area contributed by atoms with Crippen molar-refractivity contribution in [2.75, 3.05) is 0 Å². The minimum absolute atomic E-state index is 0. The van der Waals surface area contributed by atoms with Crippen molar-refractivity contribution in [1.29, 1.82) is 0 Å². The molecule has 0 heterocycles. The molecule has 96 valence electrons. The van der Waals surface area contributed by atoms with E-state index in [1.165, 1.54) is 0 Å². The van der Waals surface area contributed by atoms with E-state index in [4.69, 9.17) is 34.9 Å². The molecule has 0 amide bonds. The van der Waals surface area contributed by atoms with Crippen LogP contribution in [0.2, 0.25) is 0 Å². The number of phosphoric acid groups is 2. The first-order chi connectivity index (χ1) is 5.98. The predicted molar refractivity (Wildman–Crippen MR) is 44.6 cm³/mol. The molecule has 0 bridgehead atoms. The van der Waals surface area contributed by atoms with Gasteiger partial charge in [-0.1, -0.05) is 0 Å². The Labute approximate surface area is 227 Å². The van der Waals surface area contributed by atoms with Gasteiger partial charge in [-0.15, -0.1) is 0 Å². The maximum atomic E-state index is 9.63. The monoisotopic (exact) mass is 376 g/mol. The first-order valence-corrected chi connectivity index (χ1v) is 5.53. The largest absolute Gasteiger partial charge is 1.00 e. The minimum Gasteiger partial charge on any atom is -1.00 e. The van der Waals surface area contributed by atoms with Gasteiger partial charge >= 0.3 is 171 Å². The smallest absolute Gasteiger partial charge is 1.00 e. The van der Waals surface area contributed by atoms with Gasteiger partial charge in [0.25, 0.3) is 0 Å². The molecule has 0 fully saturated rings. The molecule has 0 atom stereocenters. The van der Waals surface area contributed by atoms with Crippen molar-refractivity contribution < 1.29 is 208 Å². The maximum Gasteiger partial charge on any atom is 1.00 e. The van der Waals surface area contributed by atoms with E-state index in [1.54, 1.807) is 0 Å². The van der Waals surface area contributed by atoms with Gasteiger partial charge in [-0.3, -0.25) is 5.26 Å². The van der Waals surface area contributed by atoms with Crippen molar-refractivity contribution in [2.24, 2.45) is 0 Å². The van der Waals surface area contributed by atoms with Crippen LogP contribution in [0, 0.1) is 0 Å². The quantitative estimate of drug-likeness (QED) is 0.107. The fourth-order valence-corrected chi connectivity index (χ4v) is 1.25. The van der Waals surface area contributed by atoms with Crippen LogP contribution in [0.3, 0.4) is 0 Å². The standard InChI is InChI=1S/BH3O4.5Na.H4O7P2.5H/c2-1(3)5-4;;;;;;1-8(2,3)7-9(4,5)6;;;;;/h2-4H;;;;;;(H2,1,2,3)(H2,4,5,6);;;;;/q;5*+1;;5*-1. The van der Waals surface area contributed by atoms with Gasteiger partial charge in [0, 0.05) is 0 Å². The third kappa shape index (κ3) is 59.9. The van der Waals surface area contributed by atoms with Crippen LogP contribution in [-0.2, 0) is 18.2 Å². The van der Waals surface area contributed by atoms with Crippen molar-refractivity contribution in [3.8, 4) is 0 Å². The van der Waals surface area contributed by atoms with Crippen LogP contribution in [0.1, 0.15) is 7.13 Å². The summed E-state index contributed by atoms with van der Waals surface area (Å²) in [7, 11) is -12.2. The average Bonchev–Trinajstić information content (AvgIpc) is 1.80. The summed E-state index contributed by atoms with van der Waals surface area (Å²) in [4.78, 5) is 33.9. The number of rotatable bonds is 3. The van der Waals surface area contributed by atoms with E-state index < -0.39 is 23.0 Å². The third-order valence-electron chi connectivity index (χ3n) is 0.307. The van der Waals surface area contributed by atoms with E-state index in [9.17, 15) is 9.13 Å². The molecule has 0 aliphatic rings. The first-order valence-electron chi connectivity index (χ1n) is 2.46. The van der Waals surface area contributed by atoms with Crippen LogP contribution in [0.4, 0.5) is 0 Å². The molecule has 0 aromatic rings. The van der Waals surface area contributed by atoms with Gasteiger partial charge in [0.05, 0.1) is 0 Å². The third-order valence-corrected chi connectivity index (χ3v) is 2.01. The Kier molecular flexibility index (Phi) is 53.7. The Balaban J connectivity index is -0.00000000893. The van der Waals surface area contributed by atoms with Gasteiger partial charge in [-0.2, -0.15) is 4.31 Å². The Hall–Kier alpha value is 5.16. The molecule has 11 nitrogen and oxygen atoms in total. The minimum atomic E-state index is -5.05. The van der Waals surface area contributed by atoms with Crippen molar-refractivity contribution in [1.82, 2.24) is 0 Å². The average molecular weight is 376 g/mol.